The van der Waals surface area contributed by atoms with Crippen LogP contribution in [0.3, 0.4) is 0 Å². The highest BCUT2D eigenvalue weighted by Crippen LogP contribution is 2.16. The van der Waals surface area contributed by atoms with Crippen molar-refractivity contribution in [1.82, 2.24) is 4.90 Å². The van der Waals surface area contributed by atoms with Crippen molar-refractivity contribution in [3.8, 4) is 0 Å². The van der Waals surface area contributed by atoms with Crippen LogP contribution in [0.4, 0.5) is 4.39 Å². The normalized spacial score (nSPS) is 10.8. The van der Waals surface area contributed by atoms with E-state index < -0.39 is 0 Å². The highest BCUT2D eigenvalue weighted by molar-refractivity contribution is 6.30. The molecule has 1 aromatic carbocycles. The lowest BCUT2D eigenvalue weighted by Crippen LogP contribution is -2.15. The van der Waals surface area contributed by atoms with E-state index in [1.807, 2.05) is 14.1 Å². The molecule has 0 fully saturated rings. The van der Waals surface area contributed by atoms with Crippen molar-refractivity contribution in [2.24, 2.45) is 0 Å². The highest BCUT2D eigenvalue weighted by atomic mass is 35.5. The van der Waals surface area contributed by atoms with Gasteiger partial charge in [0.2, 0.25) is 0 Å². The third-order valence-electron chi connectivity index (χ3n) is 1.83. The van der Waals surface area contributed by atoms with Gasteiger partial charge in [0.1, 0.15) is 5.82 Å². The van der Waals surface area contributed by atoms with Crippen LogP contribution in [0, 0.1) is 5.82 Å². The number of hydrogen-bond donors (Lipinski definition) is 0. The SMILES string of the molecule is CN(C)CCc1ccc(F)c(Cl)c1. The first-order chi connectivity index (χ1) is 6.09. The van der Waals surface area contributed by atoms with Crippen LogP contribution in [-0.4, -0.2) is 25.5 Å². The Balaban J connectivity index is 2.63. The van der Waals surface area contributed by atoms with Crippen molar-refractivity contribution in [1.29, 1.82) is 0 Å². The Morgan fingerprint density at radius 3 is 2.62 bits per heavy atom. The predicted octanol–water partition coefficient (Wildman–Crippen LogP) is 2.58. The summed E-state index contributed by atoms with van der Waals surface area (Å²) in [5, 5.41) is 0.205. The van der Waals surface area contributed by atoms with Crippen LogP contribution in [0.2, 0.25) is 5.02 Å². The minimum atomic E-state index is -0.352. The van der Waals surface area contributed by atoms with E-state index in [1.54, 1.807) is 12.1 Å². The fourth-order valence-corrected chi connectivity index (χ4v) is 1.25. The molecule has 0 unspecified atom stereocenters. The predicted molar refractivity (Wildman–Crippen MR) is 53.7 cm³/mol. The lowest BCUT2D eigenvalue weighted by Gasteiger charge is -2.09. The van der Waals surface area contributed by atoms with Crippen molar-refractivity contribution in [3.05, 3.63) is 34.6 Å². The van der Waals surface area contributed by atoms with Gasteiger partial charge in [0.25, 0.3) is 0 Å². The second-order valence-corrected chi connectivity index (χ2v) is 3.71. The van der Waals surface area contributed by atoms with E-state index >= 15 is 0 Å². The summed E-state index contributed by atoms with van der Waals surface area (Å²) in [4.78, 5) is 2.08. The van der Waals surface area contributed by atoms with Gasteiger partial charge in [0.15, 0.2) is 0 Å². The number of nitrogens with zero attached hydrogens (tertiary/aromatic N) is 1. The molecule has 0 atom stereocenters. The maximum absolute atomic E-state index is 12.8. The lowest BCUT2D eigenvalue weighted by atomic mass is 10.1. The Kier molecular flexibility index (Phi) is 3.70. The summed E-state index contributed by atoms with van der Waals surface area (Å²) in [6, 6.07) is 4.86. The number of hydrogen-bond acceptors (Lipinski definition) is 1. The minimum absolute atomic E-state index is 0.205. The fraction of sp³-hybridized carbons (Fsp3) is 0.400. The first kappa shape index (κ1) is 10.5. The Labute approximate surface area is 83.1 Å². The van der Waals surface area contributed by atoms with Gasteiger partial charge >= 0.3 is 0 Å². The van der Waals surface area contributed by atoms with E-state index in [9.17, 15) is 4.39 Å². The van der Waals surface area contributed by atoms with Crippen molar-refractivity contribution < 1.29 is 4.39 Å². The molecule has 1 nitrogen and oxygen atoms in total. The number of likely N-dealkylation sites (N-methyl/N-ethyl adjacent to an activating group) is 1. The van der Waals surface area contributed by atoms with Crippen LogP contribution in [0.5, 0.6) is 0 Å². The molecule has 0 aliphatic heterocycles. The zero-order chi connectivity index (χ0) is 9.84. The molecule has 13 heavy (non-hydrogen) atoms. The Morgan fingerprint density at radius 1 is 1.38 bits per heavy atom. The molecule has 0 aliphatic carbocycles. The molecule has 1 aromatic rings. The fourth-order valence-electron chi connectivity index (χ4n) is 1.05. The monoisotopic (exact) mass is 201 g/mol. The van der Waals surface area contributed by atoms with Gasteiger partial charge in [0, 0.05) is 6.54 Å². The maximum Gasteiger partial charge on any atom is 0.141 e. The summed E-state index contributed by atoms with van der Waals surface area (Å²) in [7, 11) is 4.01. The average molecular weight is 202 g/mol. The summed E-state index contributed by atoms with van der Waals surface area (Å²) in [5.74, 6) is -0.352. The van der Waals surface area contributed by atoms with E-state index in [0.717, 1.165) is 18.5 Å². The van der Waals surface area contributed by atoms with Gasteiger partial charge in [-0.25, -0.2) is 4.39 Å². The third-order valence-corrected chi connectivity index (χ3v) is 2.12. The molecule has 0 heterocycles. The molecule has 0 N–H and O–H groups in total. The van der Waals surface area contributed by atoms with Crippen LogP contribution in [0.25, 0.3) is 0 Å². The number of halogens is 2. The molecule has 0 spiro atoms. The third kappa shape index (κ3) is 3.33. The van der Waals surface area contributed by atoms with Crippen molar-refractivity contribution >= 4 is 11.6 Å². The van der Waals surface area contributed by atoms with E-state index in [0.29, 0.717) is 0 Å². The van der Waals surface area contributed by atoms with Gasteiger partial charge in [-0.15, -0.1) is 0 Å². The maximum atomic E-state index is 12.8. The molecule has 0 saturated carbocycles. The second kappa shape index (κ2) is 4.58. The topological polar surface area (TPSA) is 3.24 Å². The molecule has 72 valence electrons. The average Bonchev–Trinajstić information content (AvgIpc) is 2.07. The summed E-state index contributed by atoms with van der Waals surface area (Å²) in [5.41, 5.74) is 1.07. The smallest absolute Gasteiger partial charge is 0.141 e. The summed E-state index contributed by atoms with van der Waals surface area (Å²) in [6.45, 7) is 0.946. The van der Waals surface area contributed by atoms with E-state index in [2.05, 4.69) is 4.90 Å². The standard InChI is InChI=1S/C10H13ClFN/c1-13(2)6-5-8-3-4-10(12)9(11)7-8/h3-4,7H,5-6H2,1-2H3. The summed E-state index contributed by atoms with van der Waals surface area (Å²) in [6.07, 6.45) is 0.896. The first-order valence-corrected chi connectivity index (χ1v) is 4.56. The molecular weight excluding hydrogens is 189 g/mol. The van der Waals surface area contributed by atoms with Crippen LogP contribution in [-0.2, 0) is 6.42 Å². The zero-order valence-corrected chi connectivity index (χ0v) is 8.61. The largest absolute Gasteiger partial charge is 0.309 e. The van der Waals surface area contributed by atoms with E-state index in [1.165, 1.54) is 6.07 Å². The van der Waals surface area contributed by atoms with E-state index in [4.69, 9.17) is 11.6 Å². The number of benzene rings is 1. The van der Waals surface area contributed by atoms with Crippen molar-refractivity contribution in [2.45, 2.75) is 6.42 Å². The quantitative estimate of drug-likeness (QED) is 0.727. The lowest BCUT2D eigenvalue weighted by molar-refractivity contribution is 0.413. The van der Waals surface area contributed by atoms with Crippen molar-refractivity contribution in [2.75, 3.05) is 20.6 Å². The van der Waals surface area contributed by atoms with Crippen molar-refractivity contribution in [3.63, 3.8) is 0 Å². The second-order valence-electron chi connectivity index (χ2n) is 3.30. The molecule has 0 radical (unpaired) electrons. The molecule has 0 saturated heterocycles. The van der Waals surface area contributed by atoms with Gasteiger partial charge in [-0.1, -0.05) is 17.7 Å². The first-order valence-electron chi connectivity index (χ1n) is 4.18. The Bertz CT molecular complexity index is 286. The van der Waals surface area contributed by atoms with Gasteiger partial charge in [-0.2, -0.15) is 0 Å². The minimum Gasteiger partial charge on any atom is -0.309 e. The molecule has 0 amide bonds. The van der Waals surface area contributed by atoms with Crippen LogP contribution in [0.15, 0.2) is 18.2 Å². The summed E-state index contributed by atoms with van der Waals surface area (Å²) >= 11 is 5.64. The van der Waals surface area contributed by atoms with Gasteiger partial charge in [0.05, 0.1) is 5.02 Å². The van der Waals surface area contributed by atoms with Gasteiger partial charge < -0.3 is 4.90 Å². The molecule has 0 aromatic heterocycles. The Hall–Kier alpha value is -0.600. The summed E-state index contributed by atoms with van der Waals surface area (Å²) < 4.78 is 12.8. The van der Waals surface area contributed by atoms with Crippen LogP contribution in [0.1, 0.15) is 5.56 Å². The Morgan fingerprint density at radius 2 is 2.08 bits per heavy atom. The molecule has 3 heteroatoms. The molecule has 0 aliphatic rings. The van der Waals surface area contributed by atoms with E-state index in [-0.39, 0.29) is 10.8 Å². The molecule has 1 rings (SSSR count). The number of rotatable bonds is 3. The molecule has 0 bridgehead atoms. The highest BCUT2D eigenvalue weighted by Gasteiger charge is 2.00. The zero-order valence-electron chi connectivity index (χ0n) is 7.85. The molecular formula is C10H13ClFN. The van der Waals surface area contributed by atoms with Gasteiger partial charge in [-0.3, -0.25) is 0 Å². The van der Waals surface area contributed by atoms with Crippen LogP contribution >= 0.6 is 11.6 Å². The van der Waals surface area contributed by atoms with Gasteiger partial charge in [-0.05, 0) is 38.2 Å². The van der Waals surface area contributed by atoms with Crippen LogP contribution < -0.4 is 0 Å².